The Kier molecular flexibility index (Phi) is 3.93. The van der Waals surface area contributed by atoms with Crippen LogP contribution in [0.2, 0.25) is 0 Å². The Balaban J connectivity index is 3.52. The minimum absolute atomic E-state index is 0.360. The molecule has 5 heteroatoms. The molecule has 0 aliphatic carbocycles. The minimum atomic E-state index is -0.824. The third-order valence-electron chi connectivity index (χ3n) is 0.829. The zero-order chi connectivity index (χ0) is 6.57. The zero-order valence-electron chi connectivity index (χ0n) is 4.59. The van der Waals surface area contributed by atoms with Gasteiger partial charge in [0.05, 0.1) is 10.4 Å². The zero-order valence-corrected chi connectivity index (χ0v) is 7.48. The van der Waals surface area contributed by atoms with Crippen LogP contribution in [0.5, 0.6) is 0 Å². The van der Waals surface area contributed by atoms with Crippen molar-refractivity contribution >= 4 is 29.0 Å². The minimum Gasteiger partial charge on any atom is -0.480 e. The highest BCUT2D eigenvalue weighted by molar-refractivity contribution is 7.80. The molecule has 0 spiro atoms. The lowest BCUT2D eigenvalue weighted by Gasteiger charge is -2.04. The third kappa shape index (κ3) is 2.34. The summed E-state index contributed by atoms with van der Waals surface area (Å²) in [6.07, 6.45) is 0. The molecule has 3 nitrogen and oxygen atoms in total. The van der Waals surface area contributed by atoms with Gasteiger partial charge in [0.2, 0.25) is 0 Å². The van der Waals surface area contributed by atoms with Gasteiger partial charge in [-0.05, 0) is 0 Å². The first-order valence-electron chi connectivity index (χ1n) is 2.23. The van der Waals surface area contributed by atoms with Crippen molar-refractivity contribution in [2.75, 3.05) is 5.75 Å². The van der Waals surface area contributed by atoms with Gasteiger partial charge in [0, 0.05) is 5.75 Å². The van der Waals surface area contributed by atoms with Crippen LogP contribution in [-0.2, 0) is 4.79 Å². The molecular weight excluding hydrogens is 142 g/mol. The Hall–Kier alpha value is -0.00312. The van der Waals surface area contributed by atoms with Gasteiger partial charge in [0.25, 0.3) is 0 Å². The van der Waals surface area contributed by atoms with E-state index in [1.165, 1.54) is 0 Å². The van der Waals surface area contributed by atoms with Gasteiger partial charge in [0.1, 0.15) is 6.04 Å². The third-order valence-corrected chi connectivity index (χ3v) is 1.89. The number of nitrogens with one attached hydrogen (secondary N) is 1. The maximum Gasteiger partial charge on any atom is 0.320 e. The highest BCUT2D eigenvalue weighted by Crippen LogP contribution is 1.84. The van der Waals surface area contributed by atoms with Gasteiger partial charge in [0.15, 0.2) is 0 Å². The van der Waals surface area contributed by atoms with Crippen LogP contribution >= 0.6 is 12.6 Å². The van der Waals surface area contributed by atoms with E-state index in [0.29, 0.717) is 16.2 Å². The second-order valence-electron chi connectivity index (χ2n) is 1.36. The van der Waals surface area contributed by atoms with Crippen molar-refractivity contribution in [1.29, 1.82) is 0 Å². The molecule has 0 saturated carbocycles. The molecule has 0 aliphatic rings. The summed E-state index contributed by atoms with van der Waals surface area (Å²) in [5, 5.41) is 8.28. The first-order valence-corrected chi connectivity index (χ1v) is 3.86. The molecule has 8 heavy (non-hydrogen) atoms. The van der Waals surface area contributed by atoms with Crippen LogP contribution in [0.1, 0.15) is 0 Å². The highest BCUT2D eigenvalue weighted by atomic mass is 32.1. The van der Waals surface area contributed by atoms with Crippen LogP contribution < -0.4 is 4.98 Å². The molecular formula is C3H9NO2SSi. The fraction of sp³-hybridized carbons (Fsp3) is 0.667. The second-order valence-corrected chi connectivity index (χ2v) is 2.30. The second kappa shape index (κ2) is 3.93. The number of carboxylic acid groups (broad SMARTS) is 1. The van der Waals surface area contributed by atoms with Crippen LogP contribution in [0.3, 0.4) is 0 Å². The Morgan fingerprint density at radius 3 is 2.50 bits per heavy atom. The van der Waals surface area contributed by atoms with E-state index in [-0.39, 0.29) is 0 Å². The lowest BCUT2D eigenvalue weighted by Crippen LogP contribution is -2.36. The molecule has 0 saturated heterocycles. The van der Waals surface area contributed by atoms with Gasteiger partial charge in [-0.3, -0.25) is 4.79 Å². The molecule has 0 rings (SSSR count). The van der Waals surface area contributed by atoms with Crippen molar-refractivity contribution in [3.05, 3.63) is 0 Å². The summed E-state index contributed by atoms with van der Waals surface area (Å²) in [5.41, 5.74) is 0. The molecule has 0 unspecified atom stereocenters. The summed E-state index contributed by atoms with van der Waals surface area (Å²) in [5.74, 6) is -0.464. The SMILES string of the molecule is O=C(O)[C@H](CS)N[SiH3]. The Bertz CT molecular complexity index is 85.4. The lowest BCUT2D eigenvalue weighted by atomic mass is 10.4. The standard InChI is InChI=1S/C3H9NO2SSi/c5-3(6)2(1-7)4-8/h2,4,7H,1H2,8H3,(H,5,6)/t2-/m0/s1. The number of hydrogen-bond donors (Lipinski definition) is 3. The Morgan fingerprint density at radius 2 is 2.50 bits per heavy atom. The molecule has 48 valence electrons. The van der Waals surface area contributed by atoms with E-state index >= 15 is 0 Å². The van der Waals surface area contributed by atoms with Gasteiger partial charge in [-0.1, -0.05) is 0 Å². The molecule has 0 amide bonds. The smallest absolute Gasteiger partial charge is 0.320 e. The molecule has 1 atom stereocenters. The number of hydrogen-bond acceptors (Lipinski definition) is 3. The van der Waals surface area contributed by atoms with E-state index in [4.69, 9.17) is 5.11 Å². The maximum absolute atomic E-state index is 10.1. The number of carboxylic acids is 1. The molecule has 2 N–H and O–H groups in total. The highest BCUT2D eigenvalue weighted by Gasteiger charge is 2.10. The summed E-state index contributed by atoms with van der Waals surface area (Å²) < 4.78 is 0. The molecule has 0 fully saturated rings. The van der Waals surface area contributed by atoms with E-state index in [2.05, 4.69) is 17.6 Å². The van der Waals surface area contributed by atoms with Crippen molar-refractivity contribution < 1.29 is 9.90 Å². The first-order chi connectivity index (χ1) is 3.72. The van der Waals surface area contributed by atoms with Crippen LogP contribution in [0.4, 0.5) is 0 Å². The van der Waals surface area contributed by atoms with Crippen molar-refractivity contribution in [2.24, 2.45) is 0 Å². The van der Waals surface area contributed by atoms with Crippen molar-refractivity contribution in [1.82, 2.24) is 4.98 Å². The number of rotatable bonds is 3. The summed E-state index contributed by atoms with van der Waals surface area (Å²) in [4.78, 5) is 12.8. The van der Waals surface area contributed by atoms with Crippen LogP contribution in [-0.4, -0.2) is 33.3 Å². The quantitative estimate of drug-likeness (QED) is 0.331. The van der Waals surface area contributed by atoms with Crippen LogP contribution in [0, 0.1) is 0 Å². The topological polar surface area (TPSA) is 49.3 Å². The summed E-state index contributed by atoms with van der Waals surface area (Å²) in [6.45, 7) is 0. The van der Waals surface area contributed by atoms with Gasteiger partial charge >= 0.3 is 5.97 Å². The lowest BCUT2D eigenvalue weighted by molar-refractivity contribution is -0.138. The average Bonchev–Trinajstić information content (AvgIpc) is 1.69. The van der Waals surface area contributed by atoms with E-state index in [9.17, 15) is 4.79 Å². The fourth-order valence-corrected chi connectivity index (χ4v) is 1.43. The van der Waals surface area contributed by atoms with E-state index in [0.717, 1.165) is 0 Å². The molecule has 0 bridgehead atoms. The normalized spacial score (nSPS) is 13.6. The molecule has 0 aromatic rings. The maximum atomic E-state index is 10.1. The first kappa shape index (κ1) is 8.00. The van der Waals surface area contributed by atoms with E-state index in [1.807, 2.05) is 0 Å². The molecule has 0 aliphatic heterocycles. The van der Waals surface area contributed by atoms with Gasteiger partial charge in [-0.25, -0.2) is 0 Å². The van der Waals surface area contributed by atoms with Crippen LogP contribution in [0.15, 0.2) is 0 Å². The van der Waals surface area contributed by atoms with Crippen molar-refractivity contribution in [2.45, 2.75) is 6.04 Å². The van der Waals surface area contributed by atoms with E-state index < -0.39 is 12.0 Å². The molecule has 0 aromatic carbocycles. The van der Waals surface area contributed by atoms with Gasteiger partial charge < -0.3 is 10.1 Å². The summed E-state index contributed by atoms with van der Waals surface area (Å²) in [6, 6.07) is -0.454. The molecule has 0 radical (unpaired) electrons. The van der Waals surface area contributed by atoms with Gasteiger partial charge in [-0.2, -0.15) is 12.6 Å². The predicted octanol–water partition coefficient (Wildman–Crippen LogP) is -1.76. The molecule has 0 aromatic heterocycles. The fourth-order valence-electron chi connectivity index (χ4n) is 0.293. The Morgan fingerprint density at radius 1 is 2.00 bits per heavy atom. The predicted molar refractivity (Wildman–Crippen MR) is 38.4 cm³/mol. The number of aliphatic carboxylic acids is 1. The van der Waals surface area contributed by atoms with Crippen LogP contribution in [0.25, 0.3) is 0 Å². The average molecular weight is 151 g/mol. The van der Waals surface area contributed by atoms with E-state index in [1.54, 1.807) is 0 Å². The summed E-state index contributed by atoms with van der Waals surface area (Å²) in [7, 11) is 0.700. The monoisotopic (exact) mass is 151 g/mol. The number of thiol groups is 1. The number of carbonyl (C=O) groups is 1. The van der Waals surface area contributed by atoms with Crippen molar-refractivity contribution in [3.63, 3.8) is 0 Å². The Labute approximate surface area is 56.4 Å². The summed E-state index contributed by atoms with van der Waals surface area (Å²) >= 11 is 3.81. The largest absolute Gasteiger partial charge is 0.480 e. The molecule has 0 heterocycles. The van der Waals surface area contributed by atoms with Crippen molar-refractivity contribution in [3.8, 4) is 0 Å². The van der Waals surface area contributed by atoms with Gasteiger partial charge in [-0.15, -0.1) is 0 Å².